The number of anilines is 1. The number of hydrogen-bond acceptors (Lipinski definition) is 4. The Hall–Kier alpha value is -2.99. The maximum Gasteiger partial charge on any atom is 0.255 e. The normalized spacial score (nSPS) is 12.3. The first-order valence-corrected chi connectivity index (χ1v) is 8.44. The average molecular weight is 370 g/mol. The highest BCUT2D eigenvalue weighted by Gasteiger charge is 2.16. The molecule has 1 amide bonds. The Morgan fingerprint density at radius 3 is 2.54 bits per heavy atom. The lowest BCUT2D eigenvalue weighted by molar-refractivity contribution is 0.102. The van der Waals surface area contributed by atoms with Crippen LogP contribution in [0.4, 0.5) is 5.69 Å². The van der Waals surface area contributed by atoms with Gasteiger partial charge in [-0.3, -0.25) is 4.79 Å². The van der Waals surface area contributed by atoms with Gasteiger partial charge < -0.3 is 14.8 Å². The molecule has 6 nitrogen and oxygen atoms in total. The van der Waals surface area contributed by atoms with E-state index < -0.39 is 0 Å². The first-order chi connectivity index (χ1) is 12.5. The van der Waals surface area contributed by atoms with E-state index in [1.165, 1.54) is 0 Å². The highest BCUT2D eigenvalue weighted by atomic mass is 35.5. The molecule has 0 aliphatic carbocycles. The van der Waals surface area contributed by atoms with Gasteiger partial charge in [0.1, 0.15) is 0 Å². The van der Waals surface area contributed by atoms with Crippen molar-refractivity contribution >= 4 is 23.2 Å². The quantitative estimate of drug-likeness (QED) is 0.754. The van der Waals surface area contributed by atoms with Crippen LogP contribution in [0.1, 0.15) is 21.7 Å². The van der Waals surface area contributed by atoms with Gasteiger partial charge in [-0.05, 0) is 56.3 Å². The summed E-state index contributed by atoms with van der Waals surface area (Å²) in [6.07, 6.45) is 0. The molecule has 0 saturated carbocycles. The van der Waals surface area contributed by atoms with Gasteiger partial charge in [-0.15, -0.1) is 0 Å². The smallest absolute Gasteiger partial charge is 0.255 e. The van der Waals surface area contributed by atoms with Crippen molar-refractivity contribution < 1.29 is 14.3 Å². The van der Waals surface area contributed by atoms with Crippen LogP contribution < -0.4 is 14.8 Å². The third kappa shape index (κ3) is 2.88. The summed E-state index contributed by atoms with van der Waals surface area (Å²) in [5.41, 5.74) is 3.72. The Kier molecular flexibility index (Phi) is 4.05. The number of carbonyl (C=O) groups is 1. The SMILES string of the molecule is Cc1nn(-c2ccc(NC(=O)c3ccc4c(c3)OCO4)cc2)c(C)c1Cl. The first-order valence-electron chi connectivity index (χ1n) is 8.06. The topological polar surface area (TPSA) is 65.4 Å². The summed E-state index contributed by atoms with van der Waals surface area (Å²) < 4.78 is 12.3. The largest absolute Gasteiger partial charge is 0.454 e. The zero-order chi connectivity index (χ0) is 18.3. The van der Waals surface area contributed by atoms with Crippen molar-refractivity contribution in [2.45, 2.75) is 13.8 Å². The molecule has 1 aliphatic rings. The molecule has 0 spiro atoms. The number of fused-ring (bicyclic) bond motifs is 1. The predicted molar refractivity (Wildman–Crippen MR) is 98.6 cm³/mol. The molecule has 4 rings (SSSR count). The fraction of sp³-hybridized carbons (Fsp3) is 0.158. The van der Waals surface area contributed by atoms with Crippen LogP contribution in [-0.2, 0) is 0 Å². The fourth-order valence-electron chi connectivity index (χ4n) is 2.80. The van der Waals surface area contributed by atoms with Crippen molar-refractivity contribution in [1.29, 1.82) is 0 Å². The van der Waals surface area contributed by atoms with Crippen LogP contribution in [-0.4, -0.2) is 22.5 Å². The molecule has 1 N–H and O–H groups in total. The van der Waals surface area contributed by atoms with Gasteiger partial charge in [0.05, 0.1) is 22.1 Å². The first kappa shape index (κ1) is 16.5. The Bertz CT molecular complexity index is 996. The number of nitrogens with one attached hydrogen (secondary N) is 1. The van der Waals surface area contributed by atoms with Gasteiger partial charge in [0.15, 0.2) is 11.5 Å². The summed E-state index contributed by atoms with van der Waals surface area (Å²) in [6.45, 7) is 3.96. The molecule has 0 saturated heterocycles. The maximum absolute atomic E-state index is 12.4. The second kappa shape index (κ2) is 6.38. The monoisotopic (exact) mass is 369 g/mol. The highest BCUT2D eigenvalue weighted by Crippen LogP contribution is 2.32. The van der Waals surface area contributed by atoms with Crippen molar-refractivity contribution in [3.05, 3.63) is 64.4 Å². The van der Waals surface area contributed by atoms with E-state index in [-0.39, 0.29) is 12.7 Å². The van der Waals surface area contributed by atoms with Crippen LogP contribution in [0.15, 0.2) is 42.5 Å². The third-order valence-corrected chi connectivity index (χ3v) is 4.75. The summed E-state index contributed by atoms with van der Waals surface area (Å²) >= 11 is 6.20. The minimum Gasteiger partial charge on any atom is -0.454 e. The number of hydrogen-bond donors (Lipinski definition) is 1. The van der Waals surface area contributed by atoms with Gasteiger partial charge in [0, 0.05) is 11.3 Å². The number of carbonyl (C=O) groups excluding carboxylic acids is 1. The molecule has 0 bridgehead atoms. The van der Waals surface area contributed by atoms with Gasteiger partial charge in [-0.25, -0.2) is 4.68 Å². The number of amides is 1. The number of ether oxygens (including phenoxy) is 2. The van der Waals surface area contributed by atoms with Crippen LogP contribution in [0.25, 0.3) is 5.69 Å². The standard InChI is InChI=1S/C19H16ClN3O3/c1-11-18(20)12(2)23(22-11)15-6-4-14(5-7-15)21-19(24)13-3-8-16-17(9-13)26-10-25-16/h3-9H,10H2,1-2H3,(H,21,24). The van der Waals surface area contributed by atoms with Gasteiger partial charge in [0.2, 0.25) is 6.79 Å². The minimum absolute atomic E-state index is 0.179. The molecular weight excluding hydrogens is 354 g/mol. The van der Waals surface area contributed by atoms with E-state index in [1.54, 1.807) is 22.9 Å². The molecule has 132 valence electrons. The molecule has 3 aromatic rings. The second-order valence-corrected chi connectivity index (χ2v) is 6.34. The van der Waals surface area contributed by atoms with Crippen molar-refractivity contribution in [3.63, 3.8) is 0 Å². The molecule has 0 atom stereocenters. The Morgan fingerprint density at radius 2 is 1.85 bits per heavy atom. The zero-order valence-corrected chi connectivity index (χ0v) is 15.0. The number of benzene rings is 2. The third-order valence-electron chi connectivity index (χ3n) is 4.21. The molecule has 1 aliphatic heterocycles. The van der Waals surface area contributed by atoms with Crippen LogP contribution in [0, 0.1) is 13.8 Å². The molecule has 2 heterocycles. The molecule has 7 heteroatoms. The van der Waals surface area contributed by atoms with Crippen LogP contribution in [0.5, 0.6) is 11.5 Å². The second-order valence-electron chi connectivity index (χ2n) is 5.97. The maximum atomic E-state index is 12.4. The number of aryl methyl sites for hydroxylation is 1. The number of aromatic nitrogens is 2. The zero-order valence-electron chi connectivity index (χ0n) is 14.2. The predicted octanol–water partition coefficient (Wildman–Crippen LogP) is 4.12. The summed E-state index contributed by atoms with van der Waals surface area (Å²) in [5.74, 6) is 1.01. The lowest BCUT2D eigenvalue weighted by atomic mass is 10.2. The summed E-state index contributed by atoms with van der Waals surface area (Å²) in [6, 6.07) is 12.5. The van der Waals surface area contributed by atoms with Crippen molar-refractivity contribution in [2.24, 2.45) is 0 Å². The van der Waals surface area contributed by atoms with Gasteiger partial charge in [-0.2, -0.15) is 5.10 Å². The molecule has 0 fully saturated rings. The molecule has 0 unspecified atom stereocenters. The van der Waals surface area contributed by atoms with Crippen LogP contribution in [0.3, 0.4) is 0 Å². The molecule has 2 aromatic carbocycles. The van der Waals surface area contributed by atoms with E-state index in [0.717, 1.165) is 17.1 Å². The van der Waals surface area contributed by atoms with Crippen molar-refractivity contribution in [1.82, 2.24) is 9.78 Å². The van der Waals surface area contributed by atoms with Gasteiger partial charge >= 0.3 is 0 Å². The Labute approximate surface area is 155 Å². The van der Waals surface area contributed by atoms with E-state index in [2.05, 4.69) is 10.4 Å². The number of halogens is 1. The number of rotatable bonds is 3. The lowest BCUT2D eigenvalue weighted by Crippen LogP contribution is -2.11. The van der Waals surface area contributed by atoms with Gasteiger partial charge in [-0.1, -0.05) is 11.6 Å². The average Bonchev–Trinajstić information content (AvgIpc) is 3.22. The minimum atomic E-state index is -0.217. The summed E-state index contributed by atoms with van der Waals surface area (Å²) in [5, 5.41) is 7.95. The van der Waals surface area contributed by atoms with Crippen LogP contribution >= 0.6 is 11.6 Å². The molecule has 1 aromatic heterocycles. The van der Waals surface area contributed by atoms with E-state index in [4.69, 9.17) is 21.1 Å². The summed E-state index contributed by atoms with van der Waals surface area (Å²) in [4.78, 5) is 12.4. The molecule has 0 radical (unpaired) electrons. The lowest BCUT2D eigenvalue weighted by Gasteiger charge is -2.08. The molecule has 26 heavy (non-hydrogen) atoms. The van der Waals surface area contributed by atoms with Crippen LogP contribution in [0.2, 0.25) is 5.02 Å². The van der Waals surface area contributed by atoms with Gasteiger partial charge in [0.25, 0.3) is 5.91 Å². The Morgan fingerprint density at radius 1 is 1.12 bits per heavy atom. The van der Waals surface area contributed by atoms with E-state index in [0.29, 0.717) is 27.8 Å². The fourth-order valence-corrected chi connectivity index (χ4v) is 2.92. The highest BCUT2D eigenvalue weighted by molar-refractivity contribution is 6.31. The summed E-state index contributed by atoms with van der Waals surface area (Å²) in [7, 11) is 0. The Balaban J connectivity index is 1.52. The van der Waals surface area contributed by atoms with Crippen molar-refractivity contribution in [2.75, 3.05) is 12.1 Å². The molecular formula is C19H16ClN3O3. The van der Waals surface area contributed by atoms with E-state index in [9.17, 15) is 4.79 Å². The van der Waals surface area contributed by atoms with Crippen molar-refractivity contribution in [3.8, 4) is 17.2 Å². The van der Waals surface area contributed by atoms with E-state index >= 15 is 0 Å². The number of nitrogens with zero attached hydrogens (tertiary/aromatic N) is 2. The van der Waals surface area contributed by atoms with E-state index in [1.807, 2.05) is 38.1 Å².